The monoisotopic (exact) mass is 246 g/mol. The van der Waals surface area contributed by atoms with Gasteiger partial charge in [-0.3, -0.25) is 4.90 Å². The molecule has 2 atom stereocenters. The third kappa shape index (κ3) is 2.07. The number of benzene rings is 1. The van der Waals surface area contributed by atoms with Crippen molar-refractivity contribution in [3.63, 3.8) is 0 Å². The molecule has 0 bridgehead atoms. The molecule has 2 N–H and O–H groups in total. The summed E-state index contributed by atoms with van der Waals surface area (Å²) in [5.41, 5.74) is 0.389. The lowest BCUT2D eigenvalue weighted by Gasteiger charge is -2.45. The molecule has 0 saturated carbocycles. The summed E-state index contributed by atoms with van der Waals surface area (Å²) in [5, 5.41) is 14.6. The SMILES string of the molecule is OC1(c2ccccc2)CCNCC1N1CCCC1. The highest BCUT2D eigenvalue weighted by Gasteiger charge is 2.43. The van der Waals surface area contributed by atoms with Gasteiger partial charge in [-0.2, -0.15) is 0 Å². The van der Waals surface area contributed by atoms with Crippen LogP contribution in [0.3, 0.4) is 0 Å². The molecule has 0 aliphatic carbocycles. The molecule has 2 saturated heterocycles. The Morgan fingerprint density at radius 1 is 1.17 bits per heavy atom. The fourth-order valence-corrected chi connectivity index (χ4v) is 3.40. The van der Waals surface area contributed by atoms with Crippen LogP contribution in [0, 0.1) is 0 Å². The van der Waals surface area contributed by atoms with E-state index in [0.29, 0.717) is 0 Å². The van der Waals surface area contributed by atoms with Gasteiger partial charge in [0.1, 0.15) is 5.60 Å². The van der Waals surface area contributed by atoms with Crippen LogP contribution in [0.5, 0.6) is 0 Å². The Labute approximate surface area is 109 Å². The Bertz CT molecular complexity index is 389. The van der Waals surface area contributed by atoms with Crippen LogP contribution in [0.4, 0.5) is 0 Å². The Morgan fingerprint density at radius 2 is 1.89 bits per heavy atom. The first kappa shape index (κ1) is 12.2. The first-order valence-corrected chi connectivity index (χ1v) is 7.03. The summed E-state index contributed by atoms with van der Waals surface area (Å²) in [7, 11) is 0. The van der Waals surface area contributed by atoms with Crippen molar-refractivity contribution in [2.24, 2.45) is 0 Å². The summed E-state index contributed by atoms with van der Waals surface area (Å²) in [4.78, 5) is 2.46. The largest absolute Gasteiger partial charge is 0.383 e. The first-order valence-electron chi connectivity index (χ1n) is 7.03. The van der Waals surface area contributed by atoms with Gasteiger partial charge in [0.25, 0.3) is 0 Å². The Hall–Kier alpha value is -0.900. The predicted octanol–water partition coefficient (Wildman–Crippen LogP) is 1.33. The lowest BCUT2D eigenvalue weighted by Crippen LogP contribution is -2.59. The zero-order valence-electron chi connectivity index (χ0n) is 10.8. The molecule has 98 valence electrons. The normalized spacial score (nSPS) is 33.7. The predicted molar refractivity (Wildman–Crippen MR) is 72.4 cm³/mol. The highest BCUT2D eigenvalue weighted by atomic mass is 16.3. The van der Waals surface area contributed by atoms with Crippen LogP contribution in [0.25, 0.3) is 0 Å². The maximum absolute atomic E-state index is 11.2. The number of likely N-dealkylation sites (tertiary alicyclic amines) is 1. The summed E-state index contributed by atoms with van der Waals surface area (Å²) < 4.78 is 0. The van der Waals surface area contributed by atoms with Gasteiger partial charge in [-0.1, -0.05) is 30.3 Å². The van der Waals surface area contributed by atoms with E-state index in [9.17, 15) is 5.11 Å². The summed E-state index contributed by atoms with van der Waals surface area (Å²) in [6, 6.07) is 10.4. The van der Waals surface area contributed by atoms with E-state index in [1.54, 1.807) is 0 Å². The minimum absolute atomic E-state index is 0.219. The molecule has 2 fully saturated rings. The minimum atomic E-state index is -0.684. The number of aliphatic hydroxyl groups is 1. The van der Waals surface area contributed by atoms with E-state index in [-0.39, 0.29) is 6.04 Å². The summed E-state index contributed by atoms with van der Waals surface area (Å²) in [6.07, 6.45) is 3.33. The van der Waals surface area contributed by atoms with Crippen molar-refractivity contribution in [3.05, 3.63) is 35.9 Å². The van der Waals surface area contributed by atoms with E-state index in [1.807, 2.05) is 18.2 Å². The van der Waals surface area contributed by atoms with Crippen LogP contribution in [0.2, 0.25) is 0 Å². The van der Waals surface area contributed by atoms with Crippen molar-refractivity contribution in [3.8, 4) is 0 Å². The fourth-order valence-electron chi connectivity index (χ4n) is 3.40. The van der Waals surface area contributed by atoms with Crippen molar-refractivity contribution in [2.75, 3.05) is 26.2 Å². The molecular weight excluding hydrogens is 224 g/mol. The second kappa shape index (κ2) is 5.00. The number of hydrogen-bond acceptors (Lipinski definition) is 3. The van der Waals surface area contributed by atoms with Crippen molar-refractivity contribution in [1.29, 1.82) is 0 Å². The van der Waals surface area contributed by atoms with E-state index < -0.39 is 5.60 Å². The molecule has 18 heavy (non-hydrogen) atoms. The molecule has 0 spiro atoms. The second-order valence-corrected chi connectivity index (χ2v) is 5.50. The highest BCUT2D eigenvalue weighted by molar-refractivity contribution is 5.26. The summed E-state index contributed by atoms with van der Waals surface area (Å²) >= 11 is 0. The van der Waals surface area contributed by atoms with E-state index in [0.717, 1.165) is 38.2 Å². The molecule has 0 radical (unpaired) electrons. The quantitative estimate of drug-likeness (QED) is 0.826. The molecule has 3 heteroatoms. The van der Waals surface area contributed by atoms with Gasteiger partial charge >= 0.3 is 0 Å². The average Bonchev–Trinajstić information content (AvgIpc) is 2.94. The van der Waals surface area contributed by atoms with Gasteiger partial charge in [0.15, 0.2) is 0 Å². The number of hydrogen-bond donors (Lipinski definition) is 2. The van der Waals surface area contributed by atoms with Crippen LogP contribution in [-0.2, 0) is 5.60 Å². The lowest BCUT2D eigenvalue weighted by atomic mass is 9.80. The second-order valence-electron chi connectivity index (χ2n) is 5.50. The van der Waals surface area contributed by atoms with Crippen LogP contribution >= 0.6 is 0 Å². The Kier molecular flexibility index (Phi) is 3.37. The minimum Gasteiger partial charge on any atom is -0.383 e. The van der Waals surface area contributed by atoms with Crippen LogP contribution in [-0.4, -0.2) is 42.2 Å². The topological polar surface area (TPSA) is 35.5 Å². The fraction of sp³-hybridized carbons (Fsp3) is 0.600. The molecule has 2 unspecified atom stereocenters. The third-order valence-electron chi connectivity index (χ3n) is 4.43. The van der Waals surface area contributed by atoms with Gasteiger partial charge in [0.05, 0.1) is 6.04 Å². The van der Waals surface area contributed by atoms with E-state index >= 15 is 0 Å². The molecule has 1 aromatic rings. The van der Waals surface area contributed by atoms with Crippen LogP contribution in [0.1, 0.15) is 24.8 Å². The van der Waals surface area contributed by atoms with E-state index in [1.165, 1.54) is 12.8 Å². The van der Waals surface area contributed by atoms with Crippen LogP contribution < -0.4 is 5.32 Å². The average molecular weight is 246 g/mol. The number of piperidine rings is 1. The number of nitrogens with one attached hydrogen (secondary N) is 1. The molecular formula is C15H22N2O. The molecule has 3 rings (SSSR count). The standard InChI is InChI=1S/C15H22N2O/c18-15(13-6-2-1-3-7-13)8-9-16-12-14(15)17-10-4-5-11-17/h1-3,6-7,14,16,18H,4-5,8-12H2. The summed E-state index contributed by atoms with van der Waals surface area (Å²) in [6.45, 7) is 4.05. The Morgan fingerprint density at radius 3 is 2.61 bits per heavy atom. The van der Waals surface area contributed by atoms with Crippen LogP contribution in [0.15, 0.2) is 30.3 Å². The smallest absolute Gasteiger partial charge is 0.107 e. The van der Waals surface area contributed by atoms with E-state index in [2.05, 4.69) is 22.3 Å². The van der Waals surface area contributed by atoms with E-state index in [4.69, 9.17) is 0 Å². The molecule has 1 aromatic carbocycles. The molecule has 0 aromatic heterocycles. The zero-order chi connectivity index (χ0) is 12.4. The molecule has 2 heterocycles. The third-order valence-corrected chi connectivity index (χ3v) is 4.43. The lowest BCUT2D eigenvalue weighted by molar-refractivity contribution is -0.0661. The maximum atomic E-state index is 11.2. The molecule has 2 aliphatic heterocycles. The maximum Gasteiger partial charge on any atom is 0.107 e. The van der Waals surface area contributed by atoms with Gasteiger partial charge in [0, 0.05) is 6.54 Å². The molecule has 2 aliphatic rings. The van der Waals surface area contributed by atoms with Gasteiger partial charge in [-0.05, 0) is 44.5 Å². The molecule has 0 amide bonds. The zero-order valence-corrected chi connectivity index (χ0v) is 10.8. The first-order chi connectivity index (χ1) is 8.81. The van der Waals surface area contributed by atoms with Crippen molar-refractivity contribution in [2.45, 2.75) is 30.9 Å². The molecule has 3 nitrogen and oxygen atoms in total. The summed E-state index contributed by atoms with van der Waals surface area (Å²) in [5.74, 6) is 0. The van der Waals surface area contributed by atoms with Crippen molar-refractivity contribution in [1.82, 2.24) is 10.2 Å². The number of rotatable bonds is 2. The van der Waals surface area contributed by atoms with Gasteiger partial charge in [-0.15, -0.1) is 0 Å². The van der Waals surface area contributed by atoms with Gasteiger partial charge in [0.2, 0.25) is 0 Å². The number of nitrogens with zero attached hydrogens (tertiary/aromatic N) is 1. The van der Waals surface area contributed by atoms with Crippen molar-refractivity contribution >= 4 is 0 Å². The van der Waals surface area contributed by atoms with Gasteiger partial charge < -0.3 is 10.4 Å². The van der Waals surface area contributed by atoms with Crippen molar-refractivity contribution < 1.29 is 5.11 Å². The highest BCUT2D eigenvalue weighted by Crippen LogP contribution is 2.34. The Balaban J connectivity index is 1.90. The van der Waals surface area contributed by atoms with Gasteiger partial charge in [-0.25, -0.2) is 0 Å².